The van der Waals surface area contributed by atoms with Crippen LogP contribution in [0.5, 0.6) is 0 Å². The molecule has 0 heterocycles. The van der Waals surface area contributed by atoms with Crippen molar-refractivity contribution in [3.05, 3.63) is 0 Å². The van der Waals surface area contributed by atoms with E-state index in [0.29, 0.717) is 0 Å². The highest BCUT2D eigenvalue weighted by molar-refractivity contribution is 4.77. The van der Waals surface area contributed by atoms with Crippen molar-refractivity contribution >= 4 is 0 Å². The molecule has 3 atom stereocenters. The number of aliphatic hydroxyl groups excluding tert-OH is 3. The van der Waals surface area contributed by atoms with E-state index in [0.717, 1.165) is 0 Å². The molecule has 0 radical (unpaired) electrons. The van der Waals surface area contributed by atoms with Crippen LogP contribution in [0.1, 0.15) is 27.2 Å². The standard InChI is InChI=1S/C9H21NO3/c1-6(2)10-8(5-11)9(13)4-7(3)12/h6-13H,4-5H2,1-3H3/t7?,8-,9-/m0/s1. The molecule has 0 saturated carbocycles. The maximum absolute atomic E-state index is 9.55. The SMILES string of the molecule is CC(O)C[C@H](O)[C@H](CO)NC(C)C. The van der Waals surface area contributed by atoms with Crippen molar-refractivity contribution in [3.63, 3.8) is 0 Å². The second-order valence-corrected chi connectivity index (χ2v) is 3.76. The lowest BCUT2D eigenvalue weighted by molar-refractivity contribution is 0.0424. The molecule has 13 heavy (non-hydrogen) atoms. The molecular formula is C9H21NO3. The Morgan fingerprint density at radius 3 is 2.00 bits per heavy atom. The molecule has 0 fully saturated rings. The third-order valence-corrected chi connectivity index (χ3v) is 1.79. The molecule has 0 aromatic carbocycles. The second kappa shape index (κ2) is 6.32. The van der Waals surface area contributed by atoms with Gasteiger partial charge in [0.2, 0.25) is 0 Å². The van der Waals surface area contributed by atoms with Gasteiger partial charge in [-0.2, -0.15) is 0 Å². The lowest BCUT2D eigenvalue weighted by Crippen LogP contribution is -2.46. The summed E-state index contributed by atoms with van der Waals surface area (Å²) < 4.78 is 0. The van der Waals surface area contributed by atoms with Crippen LogP contribution in [0.3, 0.4) is 0 Å². The predicted molar refractivity (Wildman–Crippen MR) is 51.5 cm³/mol. The van der Waals surface area contributed by atoms with Crippen molar-refractivity contribution in [1.29, 1.82) is 0 Å². The summed E-state index contributed by atoms with van der Waals surface area (Å²) in [7, 11) is 0. The van der Waals surface area contributed by atoms with Crippen LogP contribution in [-0.4, -0.2) is 46.2 Å². The number of hydrogen-bond donors (Lipinski definition) is 4. The summed E-state index contributed by atoms with van der Waals surface area (Å²) in [6.45, 7) is 5.38. The van der Waals surface area contributed by atoms with E-state index < -0.39 is 12.2 Å². The number of nitrogens with one attached hydrogen (secondary N) is 1. The molecule has 0 bridgehead atoms. The Morgan fingerprint density at radius 2 is 1.69 bits per heavy atom. The van der Waals surface area contributed by atoms with E-state index in [1.165, 1.54) is 0 Å². The van der Waals surface area contributed by atoms with Gasteiger partial charge in [0.15, 0.2) is 0 Å². The van der Waals surface area contributed by atoms with Crippen molar-refractivity contribution in [2.45, 2.75) is 51.5 Å². The molecule has 4 N–H and O–H groups in total. The normalized spacial score (nSPS) is 18.7. The number of aliphatic hydroxyl groups is 3. The van der Waals surface area contributed by atoms with Crippen LogP contribution in [0, 0.1) is 0 Å². The van der Waals surface area contributed by atoms with Gasteiger partial charge in [0.05, 0.1) is 24.9 Å². The summed E-state index contributed by atoms with van der Waals surface area (Å²) in [5.41, 5.74) is 0. The van der Waals surface area contributed by atoms with Crippen LogP contribution in [0.4, 0.5) is 0 Å². The van der Waals surface area contributed by atoms with Gasteiger partial charge in [0.1, 0.15) is 0 Å². The molecular weight excluding hydrogens is 170 g/mol. The fourth-order valence-electron chi connectivity index (χ4n) is 1.23. The highest BCUT2D eigenvalue weighted by Gasteiger charge is 2.20. The summed E-state index contributed by atoms with van der Waals surface area (Å²) in [6, 6.07) is -0.143. The van der Waals surface area contributed by atoms with Crippen molar-refractivity contribution in [2.75, 3.05) is 6.61 Å². The maximum Gasteiger partial charge on any atom is 0.0740 e. The van der Waals surface area contributed by atoms with Gasteiger partial charge in [-0.05, 0) is 6.92 Å². The Labute approximate surface area is 79.6 Å². The second-order valence-electron chi connectivity index (χ2n) is 3.76. The zero-order valence-electron chi connectivity index (χ0n) is 8.57. The molecule has 1 unspecified atom stereocenters. The van der Waals surface area contributed by atoms with E-state index in [4.69, 9.17) is 10.2 Å². The Kier molecular flexibility index (Phi) is 6.24. The smallest absolute Gasteiger partial charge is 0.0740 e. The molecule has 0 rings (SSSR count). The van der Waals surface area contributed by atoms with E-state index in [-0.39, 0.29) is 25.1 Å². The Hall–Kier alpha value is -0.160. The average Bonchev–Trinajstić information content (AvgIpc) is 1.98. The lowest BCUT2D eigenvalue weighted by Gasteiger charge is -2.25. The van der Waals surface area contributed by atoms with Crippen molar-refractivity contribution in [3.8, 4) is 0 Å². The van der Waals surface area contributed by atoms with Crippen molar-refractivity contribution < 1.29 is 15.3 Å². The minimum Gasteiger partial charge on any atom is -0.395 e. The lowest BCUT2D eigenvalue weighted by atomic mass is 10.1. The van der Waals surface area contributed by atoms with Crippen LogP contribution >= 0.6 is 0 Å². The van der Waals surface area contributed by atoms with Gasteiger partial charge < -0.3 is 20.6 Å². The van der Waals surface area contributed by atoms with Gasteiger partial charge in [0.25, 0.3) is 0 Å². The molecule has 0 aliphatic heterocycles. The Morgan fingerprint density at radius 1 is 1.15 bits per heavy atom. The molecule has 4 nitrogen and oxygen atoms in total. The Balaban J connectivity index is 3.91. The number of rotatable bonds is 6. The highest BCUT2D eigenvalue weighted by atomic mass is 16.3. The molecule has 0 amide bonds. The first-order chi connectivity index (χ1) is 5.97. The fraction of sp³-hybridized carbons (Fsp3) is 1.00. The molecule has 0 aliphatic carbocycles. The van der Waals surface area contributed by atoms with Crippen LogP contribution in [0.2, 0.25) is 0 Å². The van der Waals surface area contributed by atoms with Gasteiger partial charge in [-0.15, -0.1) is 0 Å². The minimum atomic E-state index is -0.701. The van der Waals surface area contributed by atoms with Crippen molar-refractivity contribution in [1.82, 2.24) is 5.32 Å². The molecule has 0 saturated heterocycles. The predicted octanol–water partition coefficient (Wildman–Crippen LogP) is -0.523. The molecule has 0 spiro atoms. The zero-order chi connectivity index (χ0) is 10.4. The summed E-state index contributed by atoms with van der Waals surface area (Å²) in [5, 5.41) is 30.6. The molecule has 0 aromatic heterocycles. The highest BCUT2D eigenvalue weighted by Crippen LogP contribution is 2.03. The fourth-order valence-corrected chi connectivity index (χ4v) is 1.23. The van der Waals surface area contributed by atoms with E-state index in [9.17, 15) is 5.11 Å². The summed E-state index contributed by atoms with van der Waals surface area (Å²) in [5.74, 6) is 0. The average molecular weight is 191 g/mol. The van der Waals surface area contributed by atoms with Gasteiger partial charge >= 0.3 is 0 Å². The maximum atomic E-state index is 9.55. The Bertz CT molecular complexity index is 128. The van der Waals surface area contributed by atoms with E-state index in [1.807, 2.05) is 13.8 Å². The van der Waals surface area contributed by atoms with E-state index >= 15 is 0 Å². The van der Waals surface area contributed by atoms with E-state index in [2.05, 4.69) is 5.32 Å². The molecule has 80 valence electrons. The van der Waals surface area contributed by atoms with Crippen LogP contribution in [-0.2, 0) is 0 Å². The molecule has 0 aromatic rings. The van der Waals surface area contributed by atoms with Crippen LogP contribution in [0.25, 0.3) is 0 Å². The van der Waals surface area contributed by atoms with Gasteiger partial charge in [-0.25, -0.2) is 0 Å². The topological polar surface area (TPSA) is 72.7 Å². The van der Waals surface area contributed by atoms with Gasteiger partial charge in [0, 0.05) is 12.5 Å². The third kappa shape index (κ3) is 5.99. The van der Waals surface area contributed by atoms with Crippen LogP contribution in [0.15, 0.2) is 0 Å². The van der Waals surface area contributed by atoms with Crippen molar-refractivity contribution in [2.24, 2.45) is 0 Å². The largest absolute Gasteiger partial charge is 0.395 e. The molecule has 4 heteroatoms. The quantitative estimate of drug-likeness (QED) is 0.456. The summed E-state index contributed by atoms with van der Waals surface area (Å²) in [6.07, 6.45) is -0.962. The van der Waals surface area contributed by atoms with Crippen LogP contribution < -0.4 is 5.32 Å². The first kappa shape index (κ1) is 12.8. The molecule has 0 aliphatic rings. The monoisotopic (exact) mass is 191 g/mol. The van der Waals surface area contributed by atoms with E-state index in [1.54, 1.807) is 6.92 Å². The van der Waals surface area contributed by atoms with Gasteiger partial charge in [-0.3, -0.25) is 0 Å². The van der Waals surface area contributed by atoms with Gasteiger partial charge in [-0.1, -0.05) is 13.8 Å². The summed E-state index contributed by atoms with van der Waals surface area (Å²) in [4.78, 5) is 0. The first-order valence-corrected chi connectivity index (χ1v) is 4.70. The number of hydrogen-bond acceptors (Lipinski definition) is 4. The zero-order valence-corrected chi connectivity index (χ0v) is 8.57. The first-order valence-electron chi connectivity index (χ1n) is 4.70. The summed E-state index contributed by atoms with van der Waals surface area (Å²) >= 11 is 0. The third-order valence-electron chi connectivity index (χ3n) is 1.79. The minimum absolute atomic E-state index is 0.119.